The smallest absolute Gasteiger partial charge is 0.343 e. The van der Waals surface area contributed by atoms with E-state index in [1.807, 2.05) is 0 Å². The largest absolute Gasteiger partial charge is 0.480 e. The number of nitrogens with zero attached hydrogens (tertiary/aromatic N) is 3. The van der Waals surface area contributed by atoms with Crippen LogP contribution in [0.2, 0.25) is 0 Å². The van der Waals surface area contributed by atoms with E-state index in [9.17, 15) is 25.0 Å². The van der Waals surface area contributed by atoms with Crippen LogP contribution in [0.5, 0.6) is 11.5 Å². The molecule has 0 spiro atoms. The lowest BCUT2D eigenvalue weighted by molar-refractivity contribution is -0.385. The number of hydrogen-bond donors (Lipinski definition) is 1. The molecule has 0 aliphatic heterocycles. The molecule has 2 rings (SSSR count). The summed E-state index contributed by atoms with van der Waals surface area (Å²) in [5.74, 6) is -0.290. The molecule has 0 aliphatic carbocycles. The van der Waals surface area contributed by atoms with Crippen LogP contribution < -0.4 is 10.1 Å². The molecule has 2 amide bonds. The molecule has 0 radical (unpaired) electrons. The summed E-state index contributed by atoms with van der Waals surface area (Å²) in [6.45, 7) is 1.70. The number of benzene rings is 2. The number of aliphatic imine (C=N–C) groups is 1. The monoisotopic (exact) mass is 388 g/mol. The van der Waals surface area contributed by atoms with Crippen LogP contribution in [0, 0.1) is 27.2 Å². The number of methoxy groups -OCH3 is 1. The number of carbonyl (C=O) groups excluding carboxylic acids is 1. The highest BCUT2D eigenvalue weighted by Crippen LogP contribution is 2.34. The van der Waals surface area contributed by atoms with Crippen LogP contribution >= 0.6 is 0 Å². The second kappa shape index (κ2) is 8.58. The molecule has 2 aromatic carbocycles. The van der Waals surface area contributed by atoms with E-state index in [1.54, 1.807) is 13.0 Å². The third-order valence-electron chi connectivity index (χ3n) is 3.54. The normalized spacial score (nSPS) is 10.9. The zero-order valence-electron chi connectivity index (χ0n) is 15.2. The van der Waals surface area contributed by atoms with Crippen LogP contribution in [-0.4, -0.2) is 35.9 Å². The number of nitrogens with one attached hydrogen (secondary N) is 1. The summed E-state index contributed by atoms with van der Waals surface area (Å²) in [4.78, 5) is 36.4. The molecule has 0 fully saturated rings. The van der Waals surface area contributed by atoms with Crippen LogP contribution in [-0.2, 0) is 4.74 Å². The molecule has 28 heavy (non-hydrogen) atoms. The molecular formula is C17H16N4O7. The molecule has 0 saturated heterocycles. The van der Waals surface area contributed by atoms with Gasteiger partial charge in [0.25, 0.3) is 5.69 Å². The average Bonchev–Trinajstić information content (AvgIpc) is 2.66. The van der Waals surface area contributed by atoms with Crippen molar-refractivity contribution >= 4 is 23.3 Å². The average molecular weight is 388 g/mol. The third-order valence-corrected chi connectivity index (χ3v) is 3.54. The van der Waals surface area contributed by atoms with Gasteiger partial charge in [-0.3, -0.25) is 20.2 Å². The van der Waals surface area contributed by atoms with Gasteiger partial charge < -0.3 is 14.8 Å². The predicted octanol–water partition coefficient (Wildman–Crippen LogP) is 3.34. The predicted molar refractivity (Wildman–Crippen MR) is 99.0 cm³/mol. The van der Waals surface area contributed by atoms with E-state index in [0.717, 1.165) is 6.07 Å². The first-order valence-corrected chi connectivity index (χ1v) is 7.83. The van der Waals surface area contributed by atoms with Crippen molar-refractivity contribution in [2.24, 2.45) is 4.99 Å². The van der Waals surface area contributed by atoms with Gasteiger partial charge in [0.15, 0.2) is 0 Å². The van der Waals surface area contributed by atoms with E-state index in [1.165, 1.54) is 38.4 Å². The van der Waals surface area contributed by atoms with Crippen molar-refractivity contribution in [2.75, 3.05) is 14.2 Å². The molecule has 0 heterocycles. The molecule has 0 aliphatic rings. The summed E-state index contributed by atoms with van der Waals surface area (Å²) in [7, 11) is 2.54. The maximum atomic E-state index is 11.5. The van der Waals surface area contributed by atoms with E-state index in [0.29, 0.717) is 5.56 Å². The van der Waals surface area contributed by atoms with Gasteiger partial charge in [-0.15, -0.1) is 0 Å². The fourth-order valence-corrected chi connectivity index (χ4v) is 2.26. The Labute approximate surface area is 158 Å². The van der Waals surface area contributed by atoms with Crippen molar-refractivity contribution in [1.82, 2.24) is 5.32 Å². The zero-order chi connectivity index (χ0) is 20.8. The van der Waals surface area contributed by atoms with Crippen LogP contribution in [0.1, 0.15) is 11.1 Å². The van der Waals surface area contributed by atoms with Gasteiger partial charge >= 0.3 is 11.7 Å². The zero-order valence-corrected chi connectivity index (χ0v) is 15.2. The highest BCUT2D eigenvalue weighted by atomic mass is 16.6. The number of carbonyl (C=O) groups is 1. The standard InChI is InChI=1S/C17H16N4O7/c1-10-4-7-15(14(8-10)21(25)26)28-11-5-6-13(20(23)24)12(9-11)16(27-3)19-17(22)18-2/h4-9H,1-3H3,(H,18,22). The van der Waals surface area contributed by atoms with Gasteiger partial charge in [0, 0.05) is 25.2 Å². The molecule has 0 aromatic heterocycles. The Morgan fingerprint density at radius 1 is 1.07 bits per heavy atom. The van der Waals surface area contributed by atoms with Crippen molar-refractivity contribution in [2.45, 2.75) is 6.92 Å². The fourth-order valence-electron chi connectivity index (χ4n) is 2.26. The summed E-state index contributed by atoms with van der Waals surface area (Å²) in [6.07, 6.45) is 0. The van der Waals surface area contributed by atoms with Crippen LogP contribution in [0.3, 0.4) is 0 Å². The number of rotatable bonds is 5. The number of hydrogen-bond acceptors (Lipinski definition) is 7. The number of aryl methyl sites for hydroxylation is 1. The topological polar surface area (TPSA) is 146 Å². The molecule has 1 N–H and O–H groups in total. The lowest BCUT2D eigenvalue weighted by Gasteiger charge is -2.10. The van der Waals surface area contributed by atoms with Crippen LogP contribution in [0.25, 0.3) is 0 Å². The Hall–Kier alpha value is -4.02. The van der Waals surface area contributed by atoms with Gasteiger partial charge in [-0.1, -0.05) is 6.07 Å². The summed E-state index contributed by atoms with van der Waals surface area (Å²) in [5, 5.41) is 24.8. The van der Waals surface area contributed by atoms with Gasteiger partial charge in [0.05, 0.1) is 17.0 Å². The lowest BCUT2D eigenvalue weighted by Crippen LogP contribution is -2.17. The second-order valence-electron chi connectivity index (χ2n) is 5.44. The number of nitro benzene ring substituents is 2. The van der Waals surface area contributed by atoms with Gasteiger partial charge in [0.1, 0.15) is 11.3 Å². The number of ether oxygens (including phenoxy) is 2. The van der Waals surface area contributed by atoms with E-state index in [4.69, 9.17) is 9.47 Å². The maximum Gasteiger partial charge on any atom is 0.343 e. The van der Waals surface area contributed by atoms with E-state index < -0.39 is 15.9 Å². The maximum absolute atomic E-state index is 11.5. The van der Waals surface area contributed by atoms with Gasteiger partial charge in [-0.25, -0.2) is 4.79 Å². The highest BCUT2D eigenvalue weighted by molar-refractivity contribution is 6.04. The molecule has 11 nitrogen and oxygen atoms in total. The van der Waals surface area contributed by atoms with E-state index >= 15 is 0 Å². The molecule has 0 bridgehead atoms. The molecule has 0 unspecified atom stereocenters. The SMILES string of the molecule is CNC(=O)N=C(OC)c1cc(Oc2ccc(C)cc2[N+](=O)[O-])ccc1[N+](=O)[O-]. The quantitative estimate of drug-likeness (QED) is 0.357. The van der Waals surface area contributed by atoms with E-state index in [2.05, 4.69) is 10.3 Å². The lowest BCUT2D eigenvalue weighted by atomic mass is 10.1. The van der Waals surface area contributed by atoms with Crippen LogP contribution in [0.15, 0.2) is 41.4 Å². The molecule has 0 atom stereocenters. The minimum atomic E-state index is -0.772. The molecule has 2 aromatic rings. The van der Waals surface area contributed by atoms with E-state index in [-0.39, 0.29) is 34.3 Å². The van der Waals surface area contributed by atoms with Crippen molar-refractivity contribution < 1.29 is 24.1 Å². The highest BCUT2D eigenvalue weighted by Gasteiger charge is 2.23. The minimum Gasteiger partial charge on any atom is -0.480 e. The van der Waals surface area contributed by atoms with Crippen molar-refractivity contribution in [3.63, 3.8) is 0 Å². The Morgan fingerprint density at radius 2 is 1.75 bits per heavy atom. The second-order valence-corrected chi connectivity index (χ2v) is 5.44. The fraction of sp³-hybridized carbons (Fsp3) is 0.176. The van der Waals surface area contributed by atoms with Gasteiger partial charge in [-0.2, -0.15) is 4.99 Å². The van der Waals surface area contributed by atoms with Crippen molar-refractivity contribution in [3.05, 3.63) is 67.8 Å². The first-order valence-electron chi connectivity index (χ1n) is 7.83. The summed E-state index contributed by atoms with van der Waals surface area (Å²) in [6, 6.07) is 7.24. The summed E-state index contributed by atoms with van der Waals surface area (Å²) < 4.78 is 10.6. The molecule has 146 valence electrons. The van der Waals surface area contributed by atoms with Crippen LogP contribution in [0.4, 0.5) is 16.2 Å². The third kappa shape index (κ3) is 4.58. The Kier molecular flexibility index (Phi) is 6.22. The summed E-state index contributed by atoms with van der Waals surface area (Å²) in [5.41, 5.74) is -0.0904. The van der Waals surface area contributed by atoms with Crippen molar-refractivity contribution in [3.8, 4) is 11.5 Å². The Morgan fingerprint density at radius 3 is 2.32 bits per heavy atom. The Bertz CT molecular complexity index is 972. The number of urea groups is 1. The molecule has 11 heteroatoms. The molecule has 0 saturated carbocycles. The van der Waals surface area contributed by atoms with Gasteiger partial charge in [-0.05, 0) is 24.6 Å². The number of nitro groups is 2. The summed E-state index contributed by atoms with van der Waals surface area (Å²) >= 11 is 0. The minimum absolute atomic E-state index is 0.0439. The van der Waals surface area contributed by atoms with Crippen molar-refractivity contribution in [1.29, 1.82) is 0 Å². The Balaban J connectivity index is 2.54. The molecular weight excluding hydrogens is 372 g/mol. The first-order chi connectivity index (χ1) is 13.3. The first kappa shape index (κ1) is 20.3. The number of amides is 2. The van der Waals surface area contributed by atoms with Gasteiger partial charge in [0.2, 0.25) is 11.6 Å².